The fraction of sp³-hybridized carbons (Fsp3) is 0. The highest BCUT2D eigenvalue weighted by molar-refractivity contribution is 6.35. The van der Waals surface area contributed by atoms with Crippen molar-refractivity contribution in [2.45, 2.75) is 0 Å². The number of benzene rings is 1. The number of rotatable bonds is 2. The Morgan fingerprint density at radius 3 is 2.75 bits per heavy atom. The van der Waals surface area contributed by atoms with Crippen LogP contribution >= 0.6 is 11.6 Å². The Morgan fingerprint density at radius 2 is 2.00 bits per heavy atom. The number of aromatic nitrogens is 2. The van der Waals surface area contributed by atoms with Crippen LogP contribution < -0.4 is 16.8 Å². The van der Waals surface area contributed by atoms with Gasteiger partial charge < -0.3 is 16.8 Å². The Morgan fingerprint density at radius 1 is 1.19 bits per heavy atom. The number of nitrogen functional groups attached to an aromatic ring is 2. The van der Waals surface area contributed by atoms with E-state index >= 15 is 0 Å². The van der Waals surface area contributed by atoms with Gasteiger partial charge in [-0.3, -0.25) is 0 Å². The second kappa shape index (κ2) is 4.24. The number of anilines is 4. The Kier molecular flexibility index (Phi) is 2.78. The third-order valence-electron chi connectivity index (χ3n) is 1.97. The van der Waals surface area contributed by atoms with E-state index in [0.717, 1.165) is 5.69 Å². The molecule has 16 heavy (non-hydrogen) atoms. The highest BCUT2D eigenvalue weighted by Crippen LogP contribution is 2.26. The van der Waals surface area contributed by atoms with E-state index < -0.39 is 0 Å². The van der Waals surface area contributed by atoms with Crippen LogP contribution in [0.25, 0.3) is 0 Å². The lowest BCUT2D eigenvalue weighted by atomic mass is 10.3. The van der Waals surface area contributed by atoms with Crippen molar-refractivity contribution in [3.63, 3.8) is 0 Å². The lowest BCUT2D eigenvalue weighted by Gasteiger charge is -2.08. The maximum Gasteiger partial charge on any atom is 0.154 e. The van der Waals surface area contributed by atoms with Crippen molar-refractivity contribution >= 4 is 34.6 Å². The molecule has 0 saturated heterocycles. The Labute approximate surface area is 97.5 Å². The van der Waals surface area contributed by atoms with Gasteiger partial charge in [-0.2, -0.15) is 0 Å². The van der Waals surface area contributed by atoms with Crippen LogP contribution in [0.2, 0.25) is 5.02 Å². The molecule has 82 valence electrons. The molecule has 0 radical (unpaired) electrons. The molecule has 1 heterocycles. The molecule has 0 aliphatic heterocycles. The first-order chi connectivity index (χ1) is 7.66. The van der Waals surface area contributed by atoms with Crippen molar-refractivity contribution < 1.29 is 0 Å². The van der Waals surface area contributed by atoms with Crippen LogP contribution in [0.5, 0.6) is 0 Å². The number of nitrogens with two attached hydrogens (primary N) is 2. The molecule has 0 aliphatic carbocycles. The van der Waals surface area contributed by atoms with E-state index in [1.54, 1.807) is 12.1 Å². The summed E-state index contributed by atoms with van der Waals surface area (Å²) in [5, 5.41) is 3.31. The number of hydrogen-bond acceptors (Lipinski definition) is 5. The number of hydrogen-bond donors (Lipinski definition) is 3. The molecule has 5 nitrogen and oxygen atoms in total. The minimum atomic E-state index is 0.239. The molecule has 0 amide bonds. The minimum absolute atomic E-state index is 0.239. The van der Waals surface area contributed by atoms with E-state index in [-0.39, 0.29) is 5.82 Å². The maximum atomic E-state index is 5.94. The normalized spacial score (nSPS) is 10.1. The molecule has 2 rings (SSSR count). The van der Waals surface area contributed by atoms with Gasteiger partial charge in [0.2, 0.25) is 0 Å². The van der Waals surface area contributed by atoms with Gasteiger partial charge in [0.15, 0.2) is 5.82 Å². The van der Waals surface area contributed by atoms with Gasteiger partial charge in [0.1, 0.15) is 17.2 Å². The molecule has 2 aromatic rings. The molecular weight excluding hydrogens is 226 g/mol. The lowest BCUT2D eigenvalue weighted by Crippen LogP contribution is -1.99. The zero-order chi connectivity index (χ0) is 11.5. The summed E-state index contributed by atoms with van der Waals surface area (Å²) in [5.74, 6) is 0.697. The number of nitrogens with one attached hydrogen (secondary N) is 1. The SMILES string of the molecule is Nc1cccc(Nc2ncnc(N)c2Cl)c1. The van der Waals surface area contributed by atoms with E-state index in [0.29, 0.717) is 16.5 Å². The Hall–Kier alpha value is -2.01. The Balaban J connectivity index is 2.31. The summed E-state index contributed by atoms with van der Waals surface area (Å²) in [6.45, 7) is 0. The lowest BCUT2D eigenvalue weighted by molar-refractivity contribution is 1.18. The largest absolute Gasteiger partial charge is 0.399 e. The van der Waals surface area contributed by atoms with Crippen LogP contribution in [-0.2, 0) is 0 Å². The zero-order valence-electron chi connectivity index (χ0n) is 8.31. The summed E-state index contributed by atoms with van der Waals surface area (Å²) >= 11 is 5.94. The third-order valence-corrected chi connectivity index (χ3v) is 2.34. The van der Waals surface area contributed by atoms with Crippen molar-refractivity contribution in [2.24, 2.45) is 0 Å². The molecule has 6 heteroatoms. The fourth-order valence-electron chi connectivity index (χ4n) is 1.22. The van der Waals surface area contributed by atoms with Crippen LogP contribution in [0.3, 0.4) is 0 Å². The van der Waals surface area contributed by atoms with Crippen molar-refractivity contribution in [3.8, 4) is 0 Å². The van der Waals surface area contributed by atoms with Gasteiger partial charge >= 0.3 is 0 Å². The number of halogens is 1. The maximum absolute atomic E-state index is 5.94. The molecule has 1 aromatic carbocycles. The highest BCUT2D eigenvalue weighted by Gasteiger charge is 2.06. The molecule has 1 aromatic heterocycles. The first-order valence-corrected chi connectivity index (χ1v) is 4.93. The van der Waals surface area contributed by atoms with Gasteiger partial charge in [0.25, 0.3) is 0 Å². The standard InChI is InChI=1S/C10H10ClN5/c11-8-9(13)14-5-15-10(8)16-7-3-1-2-6(12)4-7/h1-5H,12H2,(H3,13,14,15,16). The molecule has 0 aliphatic rings. The summed E-state index contributed by atoms with van der Waals surface area (Å²) in [7, 11) is 0. The average molecular weight is 236 g/mol. The second-order valence-electron chi connectivity index (χ2n) is 3.17. The highest BCUT2D eigenvalue weighted by atomic mass is 35.5. The molecular formula is C10H10ClN5. The Bertz CT molecular complexity index is 514. The summed E-state index contributed by atoms with van der Waals surface area (Å²) in [4.78, 5) is 7.76. The molecule has 0 fully saturated rings. The van der Waals surface area contributed by atoms with Gasteiger partial charge in [0.05, 0.1) is 0 Å². The zero-order valence-corrected chi connectivity index (χ0v) is 9.07. The van der Waals surface area contributed by atoms with Crippen molar-refractivity contribution in [1.29, 1.82) is 0 Å². The third kappa shape index (κ3) is 2.14. The molecule has 0 spiro atoms. The predicted octanol–water partition coefficient (Wildman–Crippen LogP) is 2.04. The van der Waals surface area contributed by atoms with Crippen LogP contribution in [0.1, 0.15) is 0 Å². The van der Waals surface area contributed by atoms with Gasteiger partial charge in [-0.1, -0.05) is 17.7 Å². The van der Waals surface area contributed by atoms with Crippen molar-refractivity contribution in [1.82, 2.24) is 9.97 Å². The van der Waals surface area contributed by atoms with E-state index in [1.807, 2.05) is 12.1 Å². The van der Waals surface area contributed by atoms with Crippen LogP contribution in [0.4, 0.5) is 23.0 Å². The molecule has 0 atom stereocenters. The van der Waals surface area contributed by atoms with Gasteiger partial charge in [-0.15, -0.1) is 0 Å². The van der Waals surface area contributed by atoms with Crippen LogP contribution in [0, 0.1) is 0 Å². The van der Waals surface area contributed by atoms with Crippen LogP contribution in [0.15, 0.2) is 30.6 Å². The van der Waals surface area contributed by atoms with Crippen molar-refractivity contribution in [3.05, 3.63) is 35.6 Å². The topological polar surface area (TPSA) is 89.8 Å². The van der Waals surface area contributed by atoms with Crippen LogP contribution in [-0.4, -0.2) is 9.97 Å². The minimum Gasteiger partial charge on any atom is -0.399 e. The molecule has 0 saturated carbocycles. The summed E-state index contributed by atoms with van der Waals surface area (Å²) in [6.07, 6.45) is 1.34. The summed E-state index contributed by atoms with van der Waals surface area (Å²) < 4.78 is 0. The van der Waals surface area contributed by atoms with E-state index in [2.05, 4.69) is 15.3 Å². The van der Waals surface area contributed by atoms with E-state index in [1.165, 1.54) is 6.33 Å². The monoisotopic (exact) mass is 235 g/mol. The average Bonchev–Trinajstić information content (AvgIpc) is 2.25. The van der Waals surface area contributed by atoms with Gasteiger partial charge in [0, 0.05) is 11.4 Å². The second-order valence-corrected chi connectivity index (χ2v) is 3.55. The molecule has 5 N–H and O–H groups in total. The van der Waals surface area contributed by atoms with Gasteiger partial charge in [-0.05, 0) is 18.2 Å². The first kappa shape index (κ1) is 10.5. The van der Waals surface area contributed by atoms with E-state index in [9.17, 15) is 0 Å². The predicted molar refractivity (Wildman–Crippen MR) is 65.6 cm³/mol. The van der Waals surface area contributed by atoms with E-state index in [4.69, 9.17) is 23.1 Å². The first-order valence-electron chi connectivity index (χ1n) is 4.55. The summed E-state index contributed by atoms with van der Waals surface area (Å²) in [5.41, 5.74) is 12.7. The van der Waals surface area contributed by atoms with Crippen molar-refractivity contribution in [2.75, 3.05) is 16.8 Å². The smallest absolute Gasteiger partial charge is 0.154 e. The summed E-state index contributed by atoms with van der Waals surface area (Å²) in [6, 6.07) is 7.25. The molecule has 0 unspecified atom stereocenters. The quantitative estimate of drug-likeness (QED) is 0.693. The molecule has 0 bridgehead atoms. The number of nitrogens with zero attached hydrogens (tertiary/aromatic N) is 2. The van der Waals surface area contributed by atoms with Gasteiger partial charge in [-0.25, -0.2) is 9.97 Å². The fourth-order valence-corrected chi connectivity index (χ4v) is 1.37.